The highest BCUT2D eigenvalue weighted by atomic mass is 79.9. The van der Waals surface area contributed by atoms with Crippen molar-refractivity contribution in [3.63, 3.8) is 0 Å². The van der Waals surface area contributed by atoms with Gasteiger partial charge in [-0.1, -0.05) is 39.2 Å². The van der Waals surface area contributed by atoms with E-state index in [1.165, 1.54) is 4.68 Å². The van der Waals surface area contributed by atoms with Crippen molar-refractivity contribution in [2.45, 2.75) is 32.7 Å². The predicted molar refractivity (Wildman–Crippen MR) is 76.2 cm³/mol. The van der Waals surface area contributed by atoms with Gasteiger partial charge in [-0.05, 0) is 31.9 Å². The van der Waals surface area contributed by atoms with E-state index in [4.69, 9.17) is 0 Å². The molecule has 0 N–H and O–H groups in total. The van der Waals surface area contributed by atoms with Crippen molar-refractivity contribution in [2.75, 3.05) is 5.33 Å². The number of aryl methyl sites for hydroxylation is 2. The van der Waals surface area contributed by atoms with E-state index in [1.54, 1.807) is 0 Å². The molecule has 18 heavy (non-hydrogen) atoms. The molecule has 96 valence electrons. The van der Waals surface area contributed by atoms with Gasteiger partial charge >= 0.3 is 0 Å². The molecule has 1 aromatic heterocycles. The second kappa shape index (κ2) is 6.09. The SMILES string of the molecule is Cc1ccc2nnn(CCCCCBr)c(=O)c2c1. The molecule has 1 aromatic carbocycles. The lowest BCUT2D eigenvalue weighted by Crippen LogP contribution is -2.24. The molecule has 0 aliphatic heterocycles. The van der Waals surface area contributed by atoms with Crippen molar-refractivity contribution in [3.8, 4) is 0 Å². The third-order valence-corrected chi connectivity index (χ3v) is 3.44. The Kier molecular flexibility index (Phi) is 4.47. The van der Waals surface area contributed by atoms with Crippen LogP contribution < -0.4 is 5.56 Å². The van der Waals surface area contributed by atoms with Crippen LogP contribution in [0.3, 0.4) is 0 Å². The molecule has 0 unspecified atom stereocenters. The number of benzene rings is 1. The van der Waals surface area contributed by atoms with Crippen LogP contribution in [0.5, 0.6) is 0 Å². The van der Waals surface area contributed by atoms with Gasteiger partial charge in [-0.15, -0.1) is 5.10 Å². The van der Waals surface area contributed by atoms with E-state index in [9.17, 15) is 4.79 Å². The highest BCUT2D eigenvalue weighted by Gasteiger charge is 2.05. The Balaban J connectivity index is 2.24. The van der Waals surface area contributed by atoms with Crippen LogP contribution in [-0.4, -0.2) is 20.3 Å². The first-order valence-corrected chi connectivity index (χ1v) is 7.24. The molecule has 0 fully saturated rings. The second-order valence-electron chi connectivity index (χ2n) is 4.39. The maximum Gasteiger partial charge on any atom is 0.277 e. The van der Waals surface area contributed by atoms with Gasteiger partial charge < -0.3 is 0 Å². The van der Waals surface area contributed by atoms with Gasteiger partial charge in [-0.25, -0.2) is 4.68 Å². The standard InChI is InChI=1S/C13H16BrN3O/c1-10-5-6-12-11(9-10)13(18)17(16-15-12)8-4-2-3-7-14/h5-6,9H,2-4,7-8H2,1H3. The molecular formula is C13H16BrN3O. The van der Waals surface area contributed by atoms with Crippen molar-refractivity contribution in [3.05, 3.63) is 34.1 Å². The van der Waals surface area contributed by atoms with Crippen LogP contribution in [-0.2, 0) is 6.54 Å². The fourth-order valence-corrected chi connectivity index (χ4v) is 2.27. The summed E-state index contributed by atoms with van der Waals surface area (Å²) < 4.78 is 1.47. The van der Waals surface area contributed by atoms with Gasteiger partial charge in [0.25, 0.3) is 5.56 Å². The molecule has 0 saturated heterocycles. The van der Waals surface area contributed by atoms with Crippen LogP contribution >= 0.6 is 15.9 Å². The minimum absolute atomic E-state index is 0.0393. The number of aromatic nitrogens is 3. The van der Waals surface area contributed by atoms with Crippen molar-refractivity contribution >= 4 is 26.8 Å². The van der Waals surface area contributed by atoms with Crippen molar-refractivity contribution in [1.29, 1.82) is 0 Å². The Hall–Kier alpha value is -1.23. The quantitative estimate of drug-likeness (QED) is 0.630. The average Bonchev–Trinajstić information content (AvgIpc) is 2.38. The summed E-state index contributed by atoms with van der Waals surface area (Å²) in [6.07, 6.45) is 3.16. The average molecular weight is 310 g/mol. The molecule has 0 saturated carbocycles. The summed E-state index contributed by atoms with van der Waals surface area (Å²) >= 11 is 3.39. The summed E-state index contributed by atoms with van der Waals surface area (Å²) in [5.41, 5.74) is 1.70. The zero-order chi connectivity index (χ0) is 13.0. The Morgan fingerprint density at radius 2 is 2.11 bits per heavy atom. The van der Waals surface area contributed by atoms with Crippen LogP contribution in [0.4, 0.5) is 0 Å². The molecule has 5 heteroatoms. The first-order valence-electron chi connectivity index (χ1n) is 6.12. The third-order valence-electron chi connectivity index (χ3n) is 2.88. The lowest BCUT2D eigenvalue weighted by Gasteiger charge is -2.04. The maximum absolute atomic E-state index is 12.2. The molecule has 0 bridgehead atoms. The van der Waals surface area contributed by atoms with Crippen LogP contribution in [0.25, 0.3) is 10.9 Å². The maximum atomic E-state index is 12.2. The van der Waals surface area contributed by atoms with Crippen LogP contribution in [0.2, 0.25) is 0 Å². The molecule has 0 atom stereocenters. The summed E-state index contributed by atoms with van der Waals surface area (Å²) in [5, 5.41) is 9.72. The first-order chi connectivity index (χ1) is 8.72. The third kappa shape index (κ3) is 2.96. The molecule has 0 radical (unpaired) electrons. The van der Waals surface area contributed by atoms with Crippen molar-refractivity contribution < 1.29 is 0 Å². The van der Waals surface area contributed by atoms with E-state index in [2.05, 4.69) is 26.2 Å². The molecule has 2 rings (SSSR count). The van der Waals surface area contributed by atoms with E-state index in [1.807, 2.05) is 25.1 Å². The van der Waals surface area contributed by atoms with Gasteiger partial charge in [0, 0.05) is 11.9 Å². The molecule has 0 aliphatic rings. The Bertz CT molecular complexity index is 594. The number of fused-ring (bicyclic) bond motifs is 1. The first kappa shape index (κ1) is 13.2. The van der Waals surface area contributed by atoms with Gasteiger partial charge in [0.05, 0.1) is 5.39 Å². The van der Waals surface area contributed by atoms with E-state index >= 15 is 0 Å². The minimum atomic E-state index is -0.0393. The van der Waals surface area contributed by atoms with Crippen LogP contribution in [0.15, 0.2) is 23.0 Å². The summed E-state index contributed by atoms with van der Waals surface area (Å²) in [6.45, 7) is 2.61. The van der Waals surface area contributed by atoms with E-state index in [-0.39, 0.29) is 5.56 Å². The summed E-state index contributed by atoms with van der Waals surface area (Å²) in [5.74, 6) is 0. The normalized spacial score (nSPS) is 11.0. The topological polar surface area (TPSA) is 47.8 Å². The number of alkyl halides is 1. The smallest absolute Gasteiger partial charge is 0.267 e. The molecule has 1 heterocycles. The number of halogens is 1. The van der Waals surface area contributed by atoms with E-state index < -0.39 is 0 Å². The van der Waals surface area contributed by atoms with Gasteiger partial charge in [0.1, 0.15) is 5.52 Å². The highest BCUT2D eigenvalue weighted by Crippen LogP contribution is 2.08. The molecule has 0 spiro atoms. The zero-order valence-corrected chi connectivity index (χ0v) is 12.0. The van der Waals surface area contributed by atoms with Crippen molar-refractivity contribution in [1.82, 2.24) is 15.0 Å². The Morgan fingerprint density at radius 1 is 1.28 bits per heavy atom. The largest absolute Gasteiger partial charge is 0.277 e. The zero-order valence-electron chi connectivity index (χ0n) is 10.4. The molecule has 0 amide bonds. The fraction of sp³-hybridized carbons (Fsp3) is 0.462. The van der Waals surface area contributed by atoms with Gasteiger partial charge in [-0.2, -0.15) is 0 Å². The summed E-state index contributed by atoms with van der Waals surface area (Å²) in [7, 11) is 0. The van der Waals surface area contributed by atoms with E-state index in [0.29, 0.717) is 17.4 Å². The number of hydrogen-bond acceptors (Lipinski definition) is 3. The summed E-state index contributed by atoms with van der Waals surface area (Å²) in [4.78, 5) is 12.2. The van der Waals surface area contributed by atoms with E-state index in [0.717, 1.165) is 30.2 Å². The summed E-state index contributed by atoms with van der Waals surface area (Å²) in [6, 6.07) is 5.66. The number of hydrogen-bond donors (Lipinski definition) is 0. The lowest BCUT2D eigenvalue weighted by molar-refractivity contribution is 0.510. The fourth-order valence-electron chi connectivity index (χ4n) is 1.87. The van der Waals surface area contributed by atoms with Gasteiger partial charge in [0.2, 0.25) is 0 Å². The Morgan fingerprint density at radius 3 is 2.89 bits per heavy atom. The minimum Gasteiger partial charge on any atom is -0.267 e. The van der Waals surface area contributed by atoms with Crippen LogP contribution in [0.1, 0.15) is 24.8 Å². The molecular weight excluding hydrogens is 294 g/mol. The predicted octanol–water partition coefficient (Wildman–Crippen LogP) is 2.67. The van der Waals surface area contributed by atoms with Gasteiger partial charge in [-0.3, -0.25) is 4.79 Å². The monoisotopic (exact) mass is 309 g/mol. The molecule has 4 nitrogen and oxygen atoms in total. The number of rotatable bonds is 5. The van der Waals surface area contributed by atoms with Gasteiger partial charge in [0.15, 0.2) is 0 Å². The lowest BCUT2D eigenvalue weighted by atomic mass is 10.2. The van der Waals surface area contributed by atoms with Crippen molar-refractivity contribution in [2.24, 2.45) is 0 Å². The second-order valence-corrected chi connectivity index (χ2v) is 5.18. The number of unbranched alkanes of at least 4 members (excludes halogenated alkanes) is 2. The van der Waals surface area contributed by atoms with Crippen LogP contribution in [0, 0.1) is 6.92 Å². The highest BCUT2D eigenvalue weighted by molar-refractivity contribution is 9.09. The molecule has 0 aliphatic carbocycles. The molecule has 2 aromatic rings. The number of nitrogens with zero attached hydrogens (tertiary/aromatic N) is 3. The Labute approximate surface area is 114 Å².